The molecule has 0 radical (unpaired) electrons. The molecular formula is C29H34BrN3O5S. The first-order chi connectivity index (χ1) is 18.6. The van der Waals surface area contributed by atoms with Crippen molar-refractivity contribution in [2.24, 2.45) is 0 Å². The van der Waals surface area contributed by atoms with Crippen LogP contribution in [0.4, 0.5) is 5.69 Å². The second kappa shape index (κ2) is 13.6. The molecule has 0 saturated carbocycles. The average molecular weight is 617 g/mol. The highest BCUT2D eigenvalue weighted by Crippen LogP contribution is 2.26. The molecule has 0 fully saturated rings. The maximum absolute atomic E-state index is 13.9. The van der Waals surface area contributed by atoms with E-state index in [1.165, 1.54) is 17.0 Å². The number of benzene rings is 3. The molecule has 0 aromatic heterocycles. The van der Waals surface area contributed by atoms with E-state index in [0.29, 0.717) is 11.4 Å². The van der Waals surface area contributed by atoms with Crippen LogP contribution in [0.3, 0.4) is 0 Å². The van der Waals surface area contributed by atoms with Crippen LogP contribution in [0.2, 0.25) is 0 Å². The molecule has 0 saturated heterocycles. The number of carbonyl (C=O) groups is 2. The highest BCUT2D eigenvalue weighted by molar-refractivity contribution is 9.10. The number of hydrogen-bond acceptors (Lipinski definition) is 5. The fourth-order valence-corrected chi connectivity index (χ4v) is 5.57. The third-order valence-electron chi connectivity index (χ3n) is 6.38. The summed E-state index contributed by atoms with van der Waals surface area (Å²) in [6, 6.07) is 20.9. The maximum Gasteiger partial charge on any atom is 0.264 e. The summed E-state index contributed by atoms with van der Waals surface area (Å²) in [5.41, 5.74) is 1.07. The average Bonchev–Trinajstić information content (AvgIpc) is 2.95. The predicted molar refractivity (Wildman–Crippen MR) is 156 cm³/mol. The summed E-state index contributed by atoms with van der Waals surface area (Å²) in [6.07, 6.45) is 0.731. The molecule has 3 aromatic carbocycles. The fraction of sp³-hybridized carbons (Fsp3) is 0.310. The Labute approximate surface area is 239 Å². The van der Waals surface area contributed by atoms with Crippen molar-refractivity contribution in [3.8, 4) is 5.75 Å². The van der Waals surface area contributed by atoms with Crippen LogP contribution in [-0.4, -0.2) is 50.9 Å². The summed E-state index contributed by atoms with van der Waals surface area (Å²) in [5.74, 6) is -0.228. The summed E-state index contributed by atoms with van der Waals surface area (Å²) in [5, 5.41) is 2.93. The monoisotopic (exact) mass is 615 g/mol. The third kappa shape index (κ3) is 7.83. The zero-order valence-corrected chi connectivity index (χ0v) is 24.9. The Morgan fingerprint density at radius 2 is 1.64 bits per heavy atom. The summed E-state index contributed by atoms with van der Waals surface area (Å²) < 4.78 is 34.7. The molecule has 0 heterocycles. The van der Waals surface area contributed by atoms with Gasteiger partial charge in [-0.1, -0.05) is 53.2 Å². The van der Waals surface area contributed by atoms with Crippen LogP contribution in [0.15, 0.2) is 88.2 Å². The van der Waals surface area contributed by atoms with Gasteiger partial charge in [-0.05, 0) is 74.4 Å². The van der Waals surface area contributed by atoms with Crippen LogP contribution in [0.1, 0.15) is 32.8 Å². The van der Waals surface area contributed by atoms with Gasteiger partial charge in [0.1, 0.15) is 18.3 Å². The number of carbonyl (C=O) groups excluding carboxylic acids is 2. The minimum atomic E-state index is -4.10. The summed E-state index contributed by atoms with van der Waals surface area (Å²) in [7, 11) is -2.55. The first-order valence-electron chi connectivity index (χ1n) is 12.6. The number of nitrogens with one attached hydrogen (secondary N) is 1. The number of sulfonamides is 1. The highest BCUT2D eigenvalue weighted by atomic mass is 79.9. The van der Waals surface area contributed by atoms with Crippen molar-refractivity contribution in [3.63, 3.8) is 0 Å². The lowest BCUT2D eigenvalue weighted by Crippen LogP contribution is -2.52. The van der Waals surface area contributed by atoms with Crippen molar-refractivity contribution in [2.45, 2.75) is 50.7 Å². The number of nitrogens with zero attached hydrogens (tertiary/aromatic N) is 2. The molecule has 8 nitrogen and oxygen atoms in total. The van der Waals surface area contributed by atoms with E-state index < -0.39 is 28.5 Å². The Morgan fingerprint density at radius 3 is 2.26 bits per heavy atom. The standard InChI is InChI=1S/C29H34BrN3O5S/c1-5-21(2)31-29(35)22(3)32(19-23-10-9-11-26(18-23)38-4)28(34)20-33(25-16-14-24(30)15-17-25)39(36,37)27-12-7-6-8-13-27/h6-18,21-22H,5,19-20H2,1-4H3,(H,31,35)/t21-,22-/m0/s1. The van der Waals surface area contributed by atoms with Gasteiger partial charge >= 0.3 is 0 Å². The Kier molecular flexibility index (Phi) is 10.5. The van der Waals surface area contributed by atoms with E-state index in [4.69, 9.17) is 4.74 Å². The van der Waals surface area contributed by atoms with E-state index >= 15 is 0 Å². The molecular weight excluding hydrogens is 582 g/mol. The van der Waals surface area contributed by atoms with E-state index in [1.807, 2.05) is 19.9 Å². The highest BCUT2D eigenvalue weighted by Gasteiger charge is 2.32. The van der Waals surface area contributed by atoms with Crippen molar-refractivity contribution in [1.29, 1.82) is 0 Å². The number of anilines is 1. The van der Waals surface area contributed by atoms with Gasteiger partial charge in [-0.2, -0.15) is 0 Å². The smallest absolute Gasteiger partial charge is 0.264 e. The van der Waals surface area contributed by atoms with Crippen molar-refractivity contribution in [3.05, 3.63) is 88.9 Å². The predicted octanol–water partition coefficient (Wildman–Crippen LogP) is 4.99. The lowest BCUT2D eigenvalue weighted by molar-refractivity contribution is -0.139. The first kappa shape index (κ1) is 30.2. The largest absolute Gasteiger partial charge is 0.497 e. The molecule has 10 heteroatoms. The number of halogens is 1. The second-order valence-electron chi connectivity index (χ2n) is 9.17. The van der Waals surface area contributed by atoms with Crippen LogP contribution < -0.4 is 14.4 Å². The van der Waals surface area contributed by atoms with Gasteiger partial charge in [0.15, 0.2) is 0 Å². The van der Waals surface area contributed by atoms with Gasteiger partial charge in [0, 0.05) is 17.1 Å². The van der Waals surface area contributed by atoms with Gasteiger partial charge < -0.3 is 15.0 Å². The van der Waals surface area contributed by atoms with Crippen LogP contribution in [0, 0.1) is 0 Å². The molecule has 1 N–H and O–H groups in total. The zero-order valence-electron chi connectivity index (χ0n) is 22.5. The van der Waals surface area contributed by atoms with E-state index in [2.05, 4.69) is 21.2 Å². The molecule has 0 aliphatic rings. The Balaban J connectivity index is 2.01. The topological polar surface area (TPSA) is 96.0 Å². The SMILES string of the molecule is CC[C@H](C)NC(=O)[C@H](C)N(Cc1cccc(OC)c1)C(=O)CN(c1ccc(Br)cc1)S(=O)(=O)c1ccccc1. The number of ether oxygens (including phenoxy) is 1. The molecule has 0 aliphatic heterocycles. The van der Waals surface area contributed by atoms with E-state index in [9.17, 15) is 18.0 Å². The maximum atomic E-state index is 13.9. The quantitative estimate of drug-likeness (QED) is 0.310. The Hall–Kier alpha value is -3.37. The Bertz CT molecular complexity index is 1370. The Morgan fingerprint density at radius 1 is 0.974 bits per heavy atom. The minimum absolute atomic E-state index is 0.0580. The zero-order chi connectivity index (χ0) is 28.6. The summed E-state index contributed by atoms with van der Waals surface area (Å²) in [6.45, 7) is 5.08. The van der Waals surface area contributed by atoms with Crippen LogP contribution >= 0.6 is 15.9 Å². The van der Waals surface area contributed by atoms with E-state index in [0.717, 1.165) is 20.8 Å². The third-order valence-corrected chi connectivity index (χ3v) is 8.70. The van der Waals surface area contributed by atoms with Crippen molar-refractivity contribution in [1.82, 2.24) is 10.2 Å². The fourth-order valence-electron chi connectivity index (χ4n) is 3.87. The molecule has 0 spiro atoms. The van der Waals surface area contributed by atoms with Gasteiger partial charge in [0.2, 0.25) is 11.8 Å². The number of amides is 2. The number of rotatable bonds is 12. The van der Waals surface area contributed by atoms with E-state index in [1.54, 1.807) is 74.7 Å². The molecule has 39 heavy (non-hydrogen) atoms. The molecule has 0 unspecified atom stereocenters. The normalized spacial score (nSPS) is 12.7. The molecule has 0 bridgehead atoms. The number of hydrogen-bond donors (Lipinski definition) is 1. The summed E-state index contributed by atoms with van der Waals surface area (Å²) in [4.78, 5) is 28.5. The molecule has 2 atom stereocenters. The van der Waals surface area contributed by atoms with Gasteiger partial charge in [0.25, 0.3) is 10.0 Å². The molecule has 3 aromatic rings. The van der Waals surface area contributed by atoms with Gasteiger partial charge in [-0.25, -0.2) is 8.42 Å². The lowest BCUT2D eigenvalue weighted by atomic mass is 10.1. The molecule has 3 rings (SSSR count). The minimum Gasteiger partial charge on any atom is -0.497 e. The molecule has 0 aliphatic carbocycles. The molecule has 2 amide bonds. The summed E-state index contributed by atoms with van der Waals surface area (Å²) >= 11 is 3.38. The van der Waals surface area contributed by atoms with Crippen LogP contribution in [0.5, 0.6) is 5.75 Å². The first-order valence-corrected chi connectivity index (χ1v) is 14.9. The van der Waals surface area contributed by atoms with Crippen molar-refractivity contribution in [2.75, 3.05) is 18.0 Å². The van der Waals surface area contributed by atoms with Gasteiger partial charge in [-0.15, -0.1) is 0 Å². The van der Waals surface area contributed by atoms with E-state index in [-0.39, 0.29) is 23.4 Å². The van der Waals surface area contributed by atoms with Gasteiger partial charge in [0.05, 0.1) is 17.7 Å². The van der Waals surface area contributed by atoms with Crippen molar-refractivity contribution < 1.29 is 22.7 Å². The van der Waals surface area contributed by atoms with Crippen LogP contribution in [0.25, 0.3) is 0 Å². The lowest BCUT2D eigenvalue weighted by Gasteiger charge is -2.32. The van der Waals surface area contributed by atoms with Gasteiger partial charge in [-0.3, -0.25) is 13.9 Å². The van der Waals surface area contributed by atoms with Crippen LogP contribution in [-0.2, 0) is 26.2 Å². The molecule has 208 valence electrons. The van der Waals surface area contributed by atoms with Crippen molar-refractivity contribution >= 4 is 43.5 Å². The number of methoxy groups -OCH3 is 1. The second-order valence-corrected chi connectivity index (χ2v) is 11.9.